The molecule has 0 spiro atoms. The Hall–Kier alpha value is -3.27. The summed E-state index contributed by atoms with van der Waals surface area (Å²) >= 11 is 0. The molecule has 0 radical (unpaired) electrons. The normalized spacial score (nSPS) is 12.9. The zero-order chi connectivity index (χ0) is 23.3. The fourth-order valence-corrected chi connectivity index (χ4v) is 4.21. The summed E-state index contributed by atoms with van der Waals surface area (Å²) in [6, 6.07) is 17.3. The summed E-state index contributed by atoms with van der Waals surface area (Å²) in [7, 11) is 0. The molecular weight excluding hydrogens is 399 g/mol. The van der Waals surface area contributed by atoms with Crippen LogP contribution >= 0.6 is 0 Å². The van der Waals surface area contributed by atoms with E-state index in [0.29, 0.717) is 28.8 Å². The smallest absolute Gasteiger partial charge is 0.249 e. The first kappa shape index (κ1) is 23.4. The molecule has 3 rings (SSSR count). The number of aryl methyl sites for hydroxylation is 3. The minimum atomic E-state index is -0.569. The predicted molar refractivity (Wildman–Crippen MR) is 129 cm³/mol. The Morgan fingerprint density at radius 1 is 1.06 bits per heavy atom. The van der Waals surface area contributed by atoms with Crippen molar-refractivity contribution in [1.29, 1.82) is 0 Å². The van der Waals surface area contributed by atoms with Crippen molar-refractivity contribution in [2.45, 2.75) is 47.0 Å². The number of rotatable bonds is 8. The monoisotopic (exact) mass is 430 g/mol. The lowest BCUT2D eigenvalue weighted by Crippen LogP contribution is -2.20. The molecule has 1 unspecified atom stereocenters. The SMILES string of the molecule is CCc1cc(C)c(C(C(N)=O)=C(c2ccc(C)cn2)C(CC)Cc2ccccc2)cc1F. The number of hydrogen-bond donors (Lipinski definition) is 1. The highest BCUT2D eigenvalue weighted by Gasteiger charge is 2.26. The molecule has 0 saturated heterocycles. The summed E-state index contributed by atoms with van der Waals surface area (Å²) in [5.41, 5.74) is 12.0. The maximum atomic E-state index is 14.8. The van der Waals surface area contributed by atoms with Crippen molar-refractivity contribution in [2.75, 3.05) is 0 Å². The third kappa shape index (κ3) is 5.13. The van der Waals surface area contributed by atoms with Gasteiger partial charge in [-0.25, -0.2) is 4.39 Å². The van der Waals surface area contributed by atoms with Crippen molar-refractivity contribution in [1.82, 2.24) is 4.98 Å². The van der Waals surface area contributed by atoms with Gasteiger partial charge >= 0.3 is 0 Å². The highest BCUT2D eigenvalue weighted by molar-refractivity contribution is 6.26. The molecule has 0 fully saturated rings. The lowest BCUT2D eigenvalue weighted by Gasteiger charge is -2.23. The molecule has 0 bridgehead atoms. The van der Waals surface area contributed by atoms with Crippen LogP contribution in [0.2, 0.25) is 0 Å². The van der Waals surface area contributed by atoms with E-state index in [4.69, 9.17) is 5.73 Å². The van der Waals surface area contributed by atoms with Gasteiger partial charge in [0.05, 0.1) is 11.3 Å². The molecule has 2 N–H and O–H groups in total. The molecule has 0 aliphatic rings. The zero-order valence-electron chi connectivity index (χ0n) is 19.3. The fourth-order valence-electron chi connectivity index (χ4n) is 4.21. The second kappa shape index (κ2) is 10.4. The van der Waals surface area contributed by atoms with Crippen LogP contribution in [-0.2, 0) is 17.6 Å². The minimum absolute atomic E-state index is 0.0107. The van der Waals surface area contributed by atoms with Crippen LogP contribution in [0.25, 0.3) is 11.1 Å². The van der Waals surface area contributed by atoms with E-state index in [2.05, 4.69) is 24.0 Å². The van der Waals surface area contributed by atoms with Gasteiger partial charge in [0.25, 0.3) is 0 Å². The maximum absolute atomic E-state index is 14.8. The van der Waals surface area contributed by atoms with Crippen molar-refractivity contribution in [2.24, 2.45) is 11.7 Å². The summed E-state index contributed by atoms with van der Waals surface area (Å²) in [6.45, 7) is 7.87. The molecule has 3 nitrogen and oxygen atoms in total. The van der Waals surface area contributed by atoms with Crippen LogP contribution in [0.15, 0.2) is 60.8 Å². The first-order chi connectivity index (χ1) is 15.3. The third-order valence-electron chi connectivity index (χ3n) is 5.97. The van der Waals surface area contributed by atoms with Crippen LogP contribution in [0.4, 0.5) is 4.39 Å². The molecule has 0 saturated carbocycles. The first-order valence-corrected chi connectivity index (χ1v) is 11.2. The molecule has 1 amide bonds. The molecule has 0 aliphatic carbocycles. The number of allylic oxidation sites excluding steroid dienone is 1. The van der Waals surface area contributed by atoms with E-state index in [0.717, 1.165) is 35.1 Å². The number of carbonyl (C=O) groups excluding carboxylic acids is 1. The largest absolute Gasteiger partial charge is 0.366 e. The van der Waals surface area contributed by atoms with Crippen LogP contribution < -0.4 is 5.73 Å². The molecular formula is C28H31FN2O. The van der Waals surface area contributed by atoms with Gasteiger partial charge in [-0.05, 0) is 84.6 Å². The summed E-state index contributed by atoms with van der Waals surface area (Å²) < 4.78 is 14.8. The van der Waals surface area contributed by atoms with E-state index < -0.39 is 5.91 Å². The van der Waals surface area contributed by atoms with E-state index in [9.17, 15) is 9.18 Å². The van der Waals surface area contributed by atoms with Gasteiger partial charge < -0.3 is 5.73 Å². The number of nitrogens with two attached hydrogens (primary N) is 1. The summed E-state index contributed by atoms with van der Waals surface area (Å²) in [4.78, 5) is 17.5. The van der Waals surface area contributed by atoms with Crippen molar-refractivity contribution < 1.29 is 9.18 Å². The van der Waals surface area contributed by atoms with Crippen LogP contribution in [-0.4, -0.2) is 10.9 Å². The quantitative estimate of drug-likeness (QED) is 0.441. The summed E-state index contributed by atoms with van der Waals surface area (Å²) in [5, 5.41) is 0. The number of pyridine rings is 1. The Labute approximate surface area is 190 Å². The first-order valence-electron chi connectivity index (χ1n) is 11.2. The van der Waals surface area contributed by atoms with E-state index in [1.54, 1.807) is 6.20 Å². The van der Waals surface area contributed by atoms with Gasteiger partial charge in [-0.3, -0.25) is 9.78 Å². The number of benzene rings is 2. The number of nitrogens with zero attached hydrogens (tertiary/aromatic N) is 1. The van der Waals surface area contributed by atoms with Crippen LogP contribution in [0.3, 0.4) is 0 Å². The van der Waals surface area contributed by atoms with Crippen molar-refractivity contribution in [3.05, 3.63) is 100 Å². The van der Waals surface area contributed by atoms with Crippen molar-refractivity contribution in [3.63, 3.8) is 0 Å². The minimum Gasteiger partial charge on any atom is -0.366 e. The summed E-state index contributed by atoms with van der Waals surface area (Å²) in [5.74, 6) is -0.900. The topological polar surface area (TPSA) is 56.0 Å². The van der Waals surface area contributed by atoms with Gasteiger partial charge in [0.2, 0.25) is 5.91 Å². The van der Waals surface area contributed by atoms with Crippen LogP contribution in [0.1, 0.15) is 53.8 Å². The number of hydrogen-bond acceptors (Lipinski definition) is 2. The Kier molecular flexibility index (Phi) is 7.57. The molecule has 166 valence electrons. The highest BCUT2D eigenvalue weighted by atomic mass is 19.1. The second-order valence-corrected chi connectivity index (χ2v) is 8.28. The van der Waals surface area contributed by atoms with E-state index in [1.807, 2.05) is 57.2 Å². The third-order valence-corrected chi connectivity index (χ3v) is 5.97. The van der Waals surface area contributed by atoms with Crippen LogP contribution in [0.5, 0.6) is 0 Å². The van der Waals surface area contributed by atoms with Crippen LogP contribution in [0, 0.1) is 25.6 Å². The highest BCUT2D eigenvalue weighted by Crippen LogP contribution is 2.37. The van der Waals surface area contributed by atoms with Gasteiger partial charge in [0.15, 0.2) is 0 Å². The second-order valence-electron chi connectivity index (χ2n) is 8.28. The number of aromatic nitrogens is 1. The molecule has 1 aromatic heterocycles. The number of amides is 1. The Balaban J connectivity index is 2.30. The van der Waals surface area contributed by atoms with Gasteiger partial charge in [0, 0.05) is 6.20 Å². The number of primary amides is 1. The molecule has 2 aromatic carbocycles. The van der Waals surface area contributed by atoms with E-state index in [-0.39, 0.29) is 11.7 Å². The van der Waals surface area contributed by atoms with E-state index in [1.165, 1.54) is 6.07 Å². The Morgan fingerprint density at radius 2 is 1.78 bits per heavy atom. The molecule has 32 heavy (non-hydrogen) atoms. The van der Waals surface area contributed by atoms with Crippen molar-refractivity contribution in [3.8, 4) is 0 Å². The van der Waals surface area contributed by atoms with Crippen molar-refractivity contribution >= 4 is 17.1 Å². The Bertz CT molecular complexity index is 1120. The maximum Gasteiger partial charge on any atom is 0.249 e. The molecule has 1 atom stereocenters. The number of carbonyl (C=O) groups is 1. The average Bonchev–Trinajstić information content (AvgIpc) is 2.79. The standard InChI is InChI=1S/C28H31FN2O/c1-5-21-14-19(4)23(16-24(21)29)27(28(30)32)26(25-13-12-18(3)17-31-25)22(6-2)15-20-10-8-7-9-11-20/h7-14,16-17,22H,5-6,15H2,1-4H3,(H2,30,32). The zero-order valence-corrected chi connectivity index (χ0v) is 19.3. The average molecular weight is 431 g/mol. The lowest BCUT2D eigenvalue weighted by atomic mass is 9.81. The number of halogens is 1. The Morgan fingerprint density at radius 3 is 2.34 bits per heavy atom. The van der Waals surface area contributed by atoms with Gasteiger partial charge in [-0.15, -0.1) is 0 Å². The lowest BCUT2D eigenvalue weighted by molar-refractivity contribution is -0.112. The molecule has 4 heteroatoms. The van der Waals surface area contributed by atoms with E-state index >= 15 is 0 Å². The van der Waals surface area contributed by atoms with Gasteiger partial charge in [-0.1, -0.05) is 56.3 Å². The molecule has 1 heterocycles. The summed E-state index contributed by atoms with van der Waals surface area (Å²) in [6.07, 6.45) is 3.88. The van der Waals surface area contributed by atoms with Gasteiger partial charge in [0.1, 0.15) is 5.82 Å². The molecule has 0 aliphatic heterocycles. The fraction of sp³-hybridized carbons (Fsp3) is 0.286. The molecule has 3 aromatic rings. The predicted octanol–water partition coefficient (Wildman–Crippen LogP) is 6.06. The van der Waals surface area contributed by atoms with Gasteiger partial charge in [-0.2, -0.15) is 0 Å².